The topological polar surface area (TPSA) is 33.5 Å². The number of anilines is 1. The fourth-order valence-electron chi connectivity index (χ4n) is 3.84. The van der Waals surface area contributed by atoms with Gasteiger partial charge in [-0.3, -0.25) is 0 Å². The van der Waals surface area contributed by atoms with E-state index in [-0.39, 0.29) is 0 Å². The standard InChI is InChI=1S/C27H30N4O/c1-29(2)19-23-7-4-9-26(17-23)30(21-24-8-5-10-27(18-24)32-3)20-22-11-13-25(14-12-22)31-16-6-15-28-31/h4-18H,19-21H2,1-3H3. The number of hydrogen-bond acceptors (Lipinski definition) is 4. The SMILES string of the molecule is COc1cccc(CN(Cc2ccc(-n3cccn3)cc2)c2cccc(CN(C)C)c2)c1. The Morgan fingerprint density at radius 1 is 0.781 bits per heavy atom. The van der Waals surface area contributed by atoms with E-state index in [0.29, 0.717) is 0 Å². The summed E-state index contributed by atoms with van der Waals surface area (Å²) in [6, 6.07) is 27.6. The zero-order chi connectivity index (χ0) is 22.3. The predicted molar refractivity (Wildman–Crippen MR) is 130 cm³/mol. The predicted octanol–water partition coefficient (Wildman–Crippen LogP) is 5.15. The fourth-order valence-corrected chi connectivity index (χ4v) is 3.84. The maximum Gasteiger partial charge on any atom is 0.119 e. The first kappa shape index (κ1) is 21.7. The number of ether oxygens (including phenoxy) is 1. The lowest BCUT2D eigenvalue weighted by Crippen LogP contribution is -2.22. The molecule has 5 nitrogen and oxygen atoms in total. The molecule has 0 aliphatic heterocycles. The highest BCUT2D eigenvalue weighted by Gasteiger charge is 2.11. The lowest BCUT2D eigenvalue weighted by atomic mass is 10.1. The van der Waals surface area contributed by atoms with Gasteiger partial charge in [-0.15, -0.1) is 0 Å². The van der Waals surface area contributed by atoms with Gasteiger partial charge < -0.3 is 14.5 Å². The van der Waals surface area contributed by atoms with Crippen LogP contribution >= 0.6 is 0 Å². The molecule has 32 heavy (non-hydrogen) atoms. The van der Waals surface area contributed by atoms with Crippen LogP contribution in [0, 0.1) is 0 Å². The van der Waals surface area contributed by atoms with Gasteiger partial charge in [-0.05, 0) is 73.3 Å². The molecule has 0 aliphatic carbocycles. The van der Waals surface area contributed by atoms with Crippen LogP contribution in [0.25, 0.3) is 5.69 Å². The van der Waals surface area contributed by atoms with Gasteiger partial charge in [-0.1, -0.05) is 36.4 Å². The summed E-state index contributed by atoms with van der Waals surface area (Å²) in [4.78, 5) is 4.61. The van der Waals surface area contributed by atoms with E-state index in [1.807, 2.05) is 29.1 Å². The van der Waals surface area contributed by atoms with E-state index in [9.17, 15) is 0 Å². The Balaban J connectivity index is 1.61. The van der Waals surface area contributed by atoms with Crippen molar-refractivity contribution in [1.29, 1.82) is 0 Å². The maximum atomic E-state index is 5.44. The van der Waals surface area contributed by atoms with Gasteiger partial charge in [0.05, 0.1) is 12.8 Å². The Morgan fingerprint density at radius 2 is 1.50 bits per heavy atom. The number of methoxy groups -OCH3 is 1. The van der Waals surface area contributed by atoms with Crippen LogP contribution in [0.2, 0.25) is 0 Å². The zero-order valence-electron chi connectivity index (χ0n) is 19.0. The van der Waals surface area contributed by atoms with Crippen molar-refractivity contribution in [2.45, 2.75) is 19.6 Å². The summed E-state index contributed by atoms with van der Waals surface area (Å²) < 4.78 is 7.32. The summed E-state index contributed by atoms with van der Waals surface area (Å²) in [5.74, 6) is 0.882. The number of hydrogen-bond donors (Lipinski definition) is 0. The molecule has 0 radical (unpaired) electrons. The van der Waals surface area contributed by atoms with Crippen LogP contribution in [-0.4, -0.2) is 35.9 Å². The molecule has 3 aromatic carbocycles. The third kappa shape index (κ3) is 5.56. The van der Waals surface area contributed by atoms with Gasteiger partial charge in [0, 0.05) is 37.7 Å². The third-order valence-corrected chi connectivity index (χ3v) is 5.36. The second-order valence-corrected chi connectivity index (χ2v) is 8.23. The van der Waals surface area contributed by atoms with E-state index in [1.54, 1.807) is 13.3 Å². The molecular formula is C27H30N4O. The van der Waals surface area contributed by atoms with Gasteiger partial charge in [0.1, 0.15) is 5.75 Å². The van der Waals surface area contributed by atoms with Gasteiger partial charge in [-0.2, -0.15) is 5.10 Å². The molecule has 0 unspecified atom stereocenters. The molecule has 164 valence electrons. The van der Waals surface area contributed by atoms with Crippen LogP contribution < -0.4 is 9.64 Å². The minimum Gasteiger partial charge on any atom is -0.497 e. The van der Waals surface area contributed by atoms with Crippen LogP contribution in [0.3, 0.4) is 0 Å². The molecule has 4 rings (SSSR count). The summed E-state index contributed by atoms with van der Waals surface area (Å²) >= 11 is 0. The molecule has 0 N–H and O–H groups in total. The van der Waals surface area contributed by atoms with Gasteiger partial charge in [0.25, 0.3) is 0 Å². The highest BCUT2D eigenvalue weighted by atomic mass is 16.5. The lowest BCUT2D eigenvalue weighted by Gasteiger charge is -2.26. The summed E-state index contributed by atoms with van der Waals surface area (Å²) in [5.41, 5.74) is 6.05. The van der Waals surface area contributed by atoms with Crippen LogP contribution in [0.15, 0.2) is 91.3 Å². The molecular weight excluding hydrogens is 396 g/mol. The maximum absolute atomic E-state index is 5.44. The highest BCUT2D eigenvalue weighted by molar-refractivity contribution is 5.50. The summed E-state index contributed by atoms with van der Waals surface area (Å²) in [6.07, 6.45) is 3.75. The molecule has 0 bridgehead atoms. The number of benzene rings is 3. The largest absolute Gasteiger partial charge is 0.497 e. The third-order valence-electron chi connectivity index (χ3n) is 5.36. The molecule has 4 aromatic rings. The quantitative estimate of drug-likeness (QED) is 0.371. The van der Waals surface area contributed by atoms with Crippen molar-refractivity contribution >= 4 is 5.69 Å². The molecule has 0 aliphatic rings. The van der Waals surface area contributed by atoms with Crippen molar-refractivity contribution in [3.63, 3.8) is 0 Å². The van der Waals surface area contributed by atoms with Crippen LogP contribution in [0.4, 0.5) is 5.69 Å². The average molecular weight is 427 g/mol. The van der Waals surface area contributed by atoms with Crippen molar-refractivity contribution < 1.29 is 4.74 Å². The van der Waals surface area contributed by atoms with E-state index in [4.69, 9.17) is 4.74 Å². The van der Waals surface area contributed by atoms with Crippen molar-refractivity contribution in [2.24, 2.45) is 0 Å². The lowest BCUT2D eigenvalue weighted by molar-refractivity contribution is 0.402. The Labute approximate surface area is 190 Å². The molecule has 1 aromatic heterocycles. The van der Waals surface area contributed by atoms with E-state index in [1.165, 1.54) is 22.4 Å². The van der Waals surface area contributed by atoms with Crippen molar-refractivity contribution in [1.82, 2.24) is 14.7 Å². The first-order chi connectivity index (χ1) is 15.6. The summed E-state index contributed by atoms with van der Waals surface area (Å²) in [7, 11) is 5.91. The molecule has 0 saturated heterocycles. The number of rotatable bonds is 9. The van der Waals surface area contributed by atoms with Crippen molar-refractivity contribution in [2.75, 3.05) is 26.1 Å². The first-order valence-electron chi connectivity index (χ1n) is 10.8. The molecule has 0 amide bonds. The Bertz CT molecular complexity index is 1120. The molecule has 0 atom stereocenters. The van der Waals surface area contributed by atoms with E-state index < -0.39 is 0 Å². The summed E-state index contributed by atoms with van der Waals surface area (Å²) in [5, 5.41) is 4.32. The molecule has 1 heterocycles. The van der Waals surface area contributed by atoms with Crippen LogP contribution in [0.5, 0.6) is 5.75 Å². The Morgan fingerprint density at radius 3 is 2.19 bits per heavy atom. The highest BCUT2D eigenvalue weighted by Crippen LogP contribution is 2.24. The van der Waals surface area contributed by atoms with E-state index in [0.717, 1.165) is 31.1 Å². The van der Waals surface area contributed by atoms with Gasteiger partial charge >= 0.3 is 0 Å². The van der Waals surface area contributed by atoms with Crippen LogP contribution in [0.1, 0.15) is 16.7 Å². The van der Waals surface area contributed by atoms with Gasteiger partial charge in [0.2, 0.25) is 0 Å². The molecule has 0 spiro atoms. The molecule has 0 fully saturated rings. The van der Waals surface area contributed by atoms with E-state index in [2.05, 4.69) is 89.7 Å². The van der Waals surface area contributed by atoms with E-state index >= 15 is 0 Å². The first-order valence-corrected chi connectivity index (χ1v) is 10.8. The van der Waals surface area contributed by atoms with Crippen molar-refractivity contribution in [3.05, 3.63) is 108 Å². The fraction of sp³-hybridized carbons (Fsp3) is 0.222. The van der Waals surface area contributed by atoms with Crippen LogP contribution in [-0.2, 0) is 19.6 Å². The second kappa shape index (κ2) is 10.2. The number of aromatic nitrogens is 2. The minimum absolute atomic E-state index is 0.795. The van der Waals surface area contributed by atoms with Gasteiger partial charge in [0.15, 0.2) is 0 Å². The second-order valence-electron chi connectivity index (χ2n) is 8.23. The minimum atomic E-state index is 0.795. The number of nitrogens with zero attached hydrogens (tertiary/aromatic N) is 4. The smallest absolute Gasteiger partial charge is 0.119 e. The Hall–Kier alpha value is -3.57. The zero-order valence-corrected chi connectivity index (χ0v) is 19.0. The average Bonchev–Trinajstić information content (AvgIpc) is 3.34. The molecule has 0 saturated carbocycles. The van der Waals surface area contributed by atoms with Gasteiger partial charge in [-0.25, -0.2) is 4.68 Å². The normalized spacial score (nSPS) is 11.0. The Kier molecular flexibility index (Phi) is 6.87. The summed E-state index contributed by atoms with van der Waals surface area (Å²) in [6.45, 7) is 2.52. The monoisotopic (exact) mass is 426 g/mol. The van der Waals surface area contributed by atoms with Crippen molar-refractivity contribution in [3.8, 4) is 11.4 Å². The molecule has 5 heteroatoms.